The third kappa shape index (κ3) is 2.11. The Labute approximate surface area is 79.8 Å². The fourth-order valence-electron chi connectivity index (χ4n) is 1.31. The molecule has 0 aliphatic carbocycles. The Morgan fingerprint density at radius 3 is 2.62 bits per heavy atom. The number of rotatable bonds is 1. The summed E-state index contributed by atoms with van der Waals surface area (Å²) in [7, 11) is 0. The van der Waals surface area contributed by atoms with Crippen molar-refractivity contribution in [2.24, 2.45) is 0 Å². The van der Waals surface area contributed by atoms with Crippen LogP contribution in [0.3, 0.4) is 0 Å². The molecule has 0 saturated heterocycles. The maximum absolute atomic E-state index is 3.19. The van der Waals surface area contributed by atoms with E-state index in [9.17, 15) is 0 Å². The molecule has 0 spiro atoms. The number of hydrogen-bond acceptors (Lipinski definition) is 0. The molecule has 70 valence electrons. The van der Waals surface area contributed by atoms with E-state index in [4.69, 9.17) is 0 Å². The summed E-state index contributed by atoms with van der Waals surface area (Å²) in [5.41, 5.74) is 2.63. The molecule has 0 bridgehead atoms. The molecule has 0 saturated carbocycles. The summed E-state index contributed by atoms with van der Waals surface area (Å²) in [4.78, 5) is 3.19. The van der Waals surface area contributed by atoms with Gasteiger partial charge in [-0.3, -0.25) is 0 Å². The second kappa shape index (κ2) is 4.70. The molecule has 2 aromatic rings. The van der Waals surface area contributed by atoms with Crippen molar-refractivity contribution in [1.29, 1.82) is 0 Å². The minimum atomic E-state index is 1.11. The molecule has 0 amide bonds. The van der Waals surface area contributed by atoms with Gasteiger partial charge < -0.3 is 4.98 Å². The zero-order valence-corrected chi connectivity index (χ0v) is 8.59. The average molecular weight is 175 g/mol. The van der Waals surface area contributed by atoms with E-state index >= 15 is 0 Å². The van der Waals surface area contributed by atoms with Crippen LogP contribution in [0.1, 0.15) is 26.3 Å². The topological polar surface area (TPSA) is 15.8 Å². The molecule has 0 radical (unpaired) electrons. The van der Waals surface area contributed by atoms with Crippen LogP contribution in [-0.2, 0) is 6.42 Å². The van der Waals surface area contributed by atoms with Gasteiger partial charge in [-0.15, -0.1) is 0 Å². The van der Waals surface area contributed by atoms with Crippen LogP contribution in [0.15, 0.2) is 30.5 Å². The third-order valence-electron chi connectivity index (χ3n) is 2.03. The Hall–Kier alpha value is -1.24. The normalized spacial score (nSPS) is 9.46. The van der Waals surface area contributed by atoms with Crippen molar-refractivity contribution in [3.05, 3.63) is 36.0 Å². The van der Waals surface area contributed by atoms with E-state index in [1.165, 1.54) is 16.5 Å². The number of aromatic nitrogens is 1. The molecule has 2 rings (SSSR count). The van der Waals surface area contributed by atoms with Crippen molar-refractivity contribution < 1.29 is 0 Å². The Kier molecular flexibility index (Phi) is 3.56. The van der Waals surface area contributed by atoms with Crippen LogP contribution in [0.25, 0.3) is 10.9 Å². The molecule has 1 N–H and O–H groups in total. The number of nitrogens with one attached hydrogen (secondary N) is 1. The zero-order chi connectivity index (χ0) is 9.68. The Morgan fingerprint density at radius 2 is 1.92 bits per heavy atom. The number of aromatic amines is 1. The molecule has 1 aromatic carbocycles. The Bertz CT molecular complexity index is 360. The molecule has 0 unspecified atom stereocenters. The van der Waals surface area contributed by atoms with Crippen LogP contribution < -0.4 is 0 Å². The summed E-state index contributed by atoms with van der Waals surface area (Å²) in [5, 5.41) is 1.29. The van der Waals surface area contributed by atoms with Gasteiger partial charge >= 0.3 is 0 Å². The molecular formula is C12H17N. The summed E-state index contributed by atoms with van der Waals surface area (Å²) in [5.74, 6) is 0. The Balaban J connectivity index is 0.000000396. The number of hydrogen-bond donors (Lipinski definition) is 1. The molecule has 0 aliphatic heterocycles. The van der Waals surface area contributed by atoms with Gasteiger partial charge in [0.05, 0.1) is 0 Å². The predicted molar refractivity (Wildman–Crippen MR) is 59.0 cm³/mol. The standard InChI is InChI=1S/C10H11N.C2H6/c1-2-8-3-4-9-5-6-11-10(9)7-8;1-2/h3-7,11H,2H2,1H3;1-2H3. The van der Waals surface area contributed by atoms with Crippen molar-refractivity contribution >= 4 is 10.9 Å². The van der Waals surface area contributed by atoms with Crippen LogP contribution in [0.4, 0.5) is 0 Å². The lowest BCUT2D eigenvalue weighted by molar-refractivity contribution is 1.14. The number of H-pyrrole nitrogens is 1. The van der Waals surface area contributed by atoms with E-state index in [1.54, 1.807) is 0 Å². The van der Waals surface area contributed by atoms with E-state index in [-0.39, 0.29) is 0 Å². The van der Waals surface area contributed by atoms with Crippen molar-refractivity contribution in [3.8, 4) is 0 Å². The van der Waals surface area contributed by atoms with Crippen LogP contribution in [0, 0.1) is 0 Å². The minimum absolute atomic E-state index is 1.11. The second-order valence-electron chi connectivity index (χ2n) is 2.75. The first kappa shape index (κ1) is 9.85. The lowest BCUT2D eigenvalue weighted by Crippen LogP contribution is -1.77. The molecule has 1 nitrogen and oxygen atoms in total. The number of fused-ring (bicyclic) bond motifs is 1. The monoisotopic (exact) mass is 175 g/mol. The van der Waals surface area contributed by atoms with Gasteiger partial charge in [-0.2, -0.15) is 0 Å². The quantitative estimate of drug-likeness (QED) is 0.679. The van der Waals surface area contributed by atoms with Gasteiger partial charge in [0.2, 0.25) is 0 Å². The third-order valence-corrected chi connectivity index (χ3v) is 2.03. The highest BCUT2D eigenvalue weighted by Crippen LogP contribution is 2.13. The molecule has 0 aliphatic rings. The van der Waals surface area contributed by atoms with Gasteiger partial charge in [0, 0.05) is 11.7 Å². The first-order chi connectivity index (χ1) is 6.40. The SMILES string of the molecule is CC.CCc1ccc2cc[nH]c2c1. The summed E-state index contributed by atoms with van der Waals surface area (Å²) in [6.45, 7) is 6.17. The van der Waals surface area contributed by atoms with Gasteiger partial charge in [0.25, 0.3) is 0 Å². The summed E-state index contributed by atoms with van der Waals surface area (Å²) in [6.07, 6.45) is 3.08. The smallest absolute Gasteiger partial charge is 0.0456 e. The van der Waals surface area contributed by atoms with Crippen LogP contribution in [0.5, 0.6) is 0 Å². The fraction of sp³-hybridized carbons (Fsp3) is 0.333. The number of aryl methyl sites for hydroxylation is 1. The van der Waals surface area contributed by atoms with Gasteiger partial charge in [-0.05, 0) is 29.5 Å². The van der Waals surface area contributed by atoms with Crippen LogP contribution in [0.2, 0.25) is 0 Å². The molecule has 1 heterocycles. The van der Waals surface area contributed by atoms with E-state index in [0.29, 0.717) is 0 Å². The Morgan fingerprint density at radius 1 is 1.15 bits per heavy atom. The van der Waals surface area contributed by atoms with Crippen LogP contribution in [-0.4, -0.2) is 4.98 Å². The highest BCUT2D eigenvalue weighted by molar-refractivity contribution is 5.79. The average Bonchev–Trinajstić information content (AvgIpc) is 2.67. The molecule has 1 heteroatoms. The second-order valence-corrected chi connectivity index (χ2v) is 2.75. The first-order valence-electron chi connectivity index (χ1n) is 4.96. The minimum Gasteiger partial charge on any atom is -0.361 e. The van der Waals surface area contributed by atoms with Crippen molar-refractivity contribution in [2.45, 2.75) is 27.2 Å². The van der Waals surface area contributed by atoms with Gasteiger partial charge in [-0.1, -0.05) is 32.9 Å². The fourth-order valence-corrected chi connectivity index (χ4v) is 1.31. The number of benzene rings is 1. The van der Waals surface area contributed by atoms with E-state index in [1.807, 2.05) is 20.0 Å². The van der Waals surface area contributed by atoms with Gasteiger partial charge in [0.15, 0.2) is 0 Å². The maximum atomic E-state index is 3.19. The molecule has 1 aromatic heterocycles. The van der Waals surface area contributed by atoms with Gasteiger partial charge in [0.1, 0.15) is 0 Å². The lowest BCUT2D eigenvalue weighted by Gasteiger charge is -1.94. The summed E-state index contributed by atoms with van der Waals surface area (Å²) in [6, 6.07) is 8.63. The van der Waals surface area contributed by atoms with E-state index in [2.05, 4.69) is 36.2 Å². The van der Waals surface area contributed by atoms with Crippen LogP contribution >= 0.6 is 0 Å². The van der Waals surface area contributed by atoms with Crippen molar-refractivity contribution in [3.63, 3.8) is 0 Å². The highest BCUT2D eigenvalue weighted by Gasteiger charge is 1.93. The molecular weight excluding hydrogens is 158 g/mol. The van der Waals surface area contributed by atoms with E-state index < -0.39 is 0 Å². The van der Waals surface area contributed by atoms with Gasteiger partial charge in [-0.25, -0.2) is 0 Å². The van der Waals surface area contributed by atoms with E-state index in [0.717, 1.165) is 6.42 Å². The van der Waals surface area contributed by atoms with Crippen molar-refractivity contribution in [2.75, 3.05) is 0 Å². The lowest BCUT2D eigenvalue weighted by atomic mass is 10.1. The van der Waals surface area contributed by atoms with Crippen molar-refractivity contribution in [1.82, 2.24) is 4.98 Å². The summed E-state index contributed by atoms with van der Waals surface area (Å²) >= 11 is 0. The largest absolute Gasteiger partial charge is 0.361 e. The highest BCUT2D eigenvalue weighted by atomic mass is 14.7. The molecule has 0 fully saturated rings. The maximum Gasteiger partial charge on any atom is 0.0456 e. The first-order valence-corrected chi connectivity index (χ1v) is 4.96. The summed E-state index contributed by atoms with van der Waals surface area (Å²) < 4.78 is 0. The molecule has 0 atom stereocenters. The predicted octanol–water partition coefficient (Wildman–Crippen LogP) is 3.76. The zero-order valence-electron chi connectivity index (χ0n) is 8.59. The molecule has 13 heavy (non-hydrogen) atoms.